The number of carbonyl (C=O) groups is 1. The number of ether oxygens (including phenoxy) is 1. The van der Waals surface area contributed by atoms with Crippen molar-refractivity contribution in [3.05, 3.63) is 78.0 Å². The second kappa shape index (κ2) is 7.66. The van der Waals surface area contributed by atoms with Gasteiger partial charge in [0.15, 0.2) is 0 Å². The number of aromatic nitrogens is 1. The zero-order valence-electron chi connectivity index (χ0n) is 14.1. The molecule has 1 aliphatic heterocycles. The lowest BCUT2D eigenvalue weighted by Crippen LogP contribution is -2.38. The standard InChI is InChI=1S/C20H18N2O3S/c23-19(20-22-11-15(25-20)10-14-6-2-1-3-7-14)21-12-16-13-26-18-9-5-4-8-17(18)24-16/h1-9,11,16H,10,12-13H2,(H,21,23). The van der Waals surface area contributed by atoms with E-state index in [-0.39, 0.29) is 17.9 Å². The first-order chi connectivity index (χ1) is 12.8. The molecule has 1 N–H and O–H groups in total. The van der Waals surface area contributed by atoms with Gasteiger partial charge in [-0.05, 0) is 17.7 Å². The minimum absolute atomic E-state index is 0.0717. The van der Waals surface area contributed by atoms with E-state index in [2.05, 4.69) is 10.3 Å². The zero-order valence-corrected chi connectivity index (χ0v) is 14.9. The predicted molar refractivity (Wildman–Crippen MR) is 99.7 cm³/mol. The monoisotopic (exact) mass is 366 g/mol. The molecule has 4 rings (SSSR count). The van der Waals surface area contributed by atoms with Crippen molar-refractivity contribution in [2.24, 2.45) is 0 Å². The summed E-state index contributed by atoms with van der Waals surface area (Å²) in [4.78, 5) is 17.5. The summed E-state index contributed by atoms with van der Waals surface area (Å²) in [6.07, 6.45) is 2.14. The Morgan fingerprint density at radius 2 is 1.96 bits per heavy atom. The van der Waals surface area contributed by atoms with Gasteiger partial charge in [-0.2, -0.15) is 0 Å². The zero-order chi connectivity index (χ0) is 17.8. The van der Waals surface area contributed by atoms with Crippen LogP contribution in [-0.2, 0) is 6.42 Å². The van der Waals surface area contributed by atoms with E-state index >= 15 is 0 Å². The van der Waals surface area contributed by atoms with Gasteiger partial charge in [0, 0.05) is 17.1 Å². The number of carbonyl (C=O) groups excluding carboxylic acids is 1. The van der Waals surface area contributed by atoms with Crippen LogP contribution in [0, 0.1) is 0 Å². The van der Waals surface area contributed by atoms with Crippen LogP contribution in [0.4, 0.5) is 0 Å². The van der Waals surface area contributed by atoms with Gasteiger partial charge >= 0.3 is 5.91 Å². The van der Waals surface area contributed by atoms with Gasteiger partial charge in [0.25, 0.3) is 5.89 Å². The Morgan fingerprint density at radius 3 is 2.85 bits per heavy atom. The van der Waals surface area contributed by atoms with Gasteiger partial charge in [-0.1, -0.05) is 42.5 Å². The Bertz CT molecular complexity index is 895. The van der Waals surface area contributed by atoms with Crippen molar-refractivity contribution in [3.63, 3.8) is 0 Å². The molecule has 0 aliphatic carbocycles. The number of hydrogen-bond donors (Lipinski definition) is 1. The van der Waals surface area contributed by atoms with E-state index in [0.29, 0.717) is 18.7 Å². The molecular formula is C20H18N2O3S. The van der Waals surface area contributed by atoms with Crippen LogP contribution in [0.1, 0.15) is 22.0 Å². The minimum Gasteiger partial charge on any atom is -0.487 e. The number of hydrogen-bond acceptors (Lipinski definition) is 5. The van der Waals surface area contributed by atoms with Crippen molar-refractivity contribution in [2.75, 3.05) is 12.3 Å². The van der Waals surface area contributed by atoms with E-state index in [1.807, 2.05) is 54.6 Å². The number of oxazole rings is 1. The van der Waals surface area contributed by atoms with Gasteiger partial charge in [0.05, 0.1) is 12.7 Å². The number of nitrogens with one attached hydrogen (secondary N) is 1. The molecule has 2 aromatic carbocycles. The fraction of sp³-hybridized carbons (Fsp3) is 0.200. The average Bonchev–Trinajstić information content (AvgIpc) is 3.15. The highest BCUT2D eigenvalue weighted by Crippen LogP contribution is 2.34. The van der Waals surface area contributed by atoms with E-state index in [0.717, 1.165) is 22.0 Å². The molecule has 1 unspecified atom stereocenters. The van der Waals surface area contributed by atoms with Crippen LogP contribution in [0.15, 0.2) is 70.1 Å². The summed E-state index contributed by atoms with van der Waals surface area (Å²) in [5.74, 6) is 2.09. The van der Waals surface area contributed by atoms with Crippen LogP contribution in [0.3, 0.4) is 0 Å². The molecule has 26 heavy (non-hydrogen) atoms. The molecular weight excluding hydrogens is 348 g/mol. The number of thioether (sulfide) groups is 1. The molecule has 5 nitrogen and oxygen atoms in total. The highest BCUT2D eigenvalue weighted by Gasteiger charge is 2.22. The van der Waals surface area contributed by atoms with Gasteiger partial charge < -0.3 is 14.5 Å². The number of benzene rings is 2. The molecule has 0 fully saturated rings. The summed E-state index contributed by atoms with van der Waals surface area (Å²) in [5, 5.41) is 2.84. The van der Waals surface area contributed by atoms with E-state index in [1.165, 1.54) is 0 Å². The Labute approximate surface area is 155 Å². The fourth-order valence-corrected chi connectivity index (χ4v) is 3.72. The van der Waals surface area contributed by atoms with Gasteiger partial charge in [-0.3, -0.25) is 4.79 Å². The van der Waals surface area contributed by atoms with Crippen LogP contribution < -0.4 is 10.1 Å². The lowest BCUT2D eigenvalue weighted by molar-refractivity contribution is 0.0895. The Balaban J connectivity index is 1.32. The Morgan fingerprint density at radius 1 is 1.15 bits per heavy atom. The van der Waals surface area contributed by atoms with Gasteiger partial charge in [-0.15, -0.1) is 11.8 Å². The number of rotatable bonds is 5. The van der Waals surface area contributed by atoms with Crippen LogP contribution in [0.5, 0.6) is 5.75 Å². The minimum atomic E-state index is -0.322. The van der Waals surface area contributed by atoms with E-state index in [1.54, 1.807) is 18.0 Å². The highest BCUT2D eigenvalue weighted by molar-refractivity contribution is 7.99. The summed E-state index contributed by atoms with van der Waals surface area (Å²) in [6.45, 7) is 0.413. The number of amides is 1. The Hall–Kier alpha value is -2.73. The van der Waals surface area contributed by atoms with Crippen LogP contribution >= 0.6 is 11.8 Å². The first-order valence-electron chi connectivity index (χ1n) is 8.43. The average molecular weight is 366 g/mol. The van der Waals surface area contributed by atoms with Crippen LogP contribution in [-0.4, -0.2) is 29.3 Å². The summed E-state index contributed by atoms with van der Waals surface area (Å²) in [5.41, 5.74) is 1.11. The van der Waals surface area contributed by atoms with E-state index < -0.39 is 0 Å². The second-order valence-electron chi connectivity index (χ2n) is 6.00. The summed E-state index contributed by atoms with van der Waals surface area (Å²) in [7, 11) is 0. The molecule has 0 saturated carbocycles. The molecule has 132 valence electrons. The van der Waals surface area contributed by atoms with Crippen molar-refractivity contribution >= 4 is 17.7 Å². The van der Waals surface area contributed by atoms with Crippen LogP contribution in [0.2, 0.25) is 0 Å². The topological polar surface area (TPSA) is 64.4 Å². The highest BCUT2D eigenvalue weighted by atomic mass is 32.2. The predicted octanol–water partition coefficient (Wildman–Crippen LogP) is 3.55. The van der Waals surface area contributed by atoms with Crippen LogP contribution in [0.25, 0.3) is 0 Å². The summed E-state index contributed by atoms with van der Waals surface area (Å²) < 4.78 is 11.5. The van der Waals surface area contributed by atoms with Gasteiger partial charge in [-0.25, -0.2) is 4.98 Å². The lowest BCUT2D eigenvalue weighted by Gasteiger charge is -2.25. The molecule has 0 radical (unpaired) electrons. The molecule has 1 aliphatic rings. The van der Waals surface area contributed by atoms with Crippen molar-refractivity contribution in [3.8, 4) is 5.75 Å². The first kappa shape index (κ1) is 16.7. The molecule has 0 bridgehead atoms. The normalized spacial score (nSPS) is 15.8. The van der Waals surface area contributed by atoms with Crippen molar-refractivity contribution in [1.29, 1.82) is 0 Å². The van der Waals surface area contributed by atoms with Gasteiger partial charge in [0.1, 0.15) is 17.6 Å². The maximum atomic E-state index is 12.3. The number of fused-ring (bicyclic) bond motifs is 1. The maximum Gasteiger partial charge on any atom is 0.307 e. The number of para-hydroxylation sites is 1. The SMILES string of the molecule is O=C(NCC1CSc2ccccc2O1)c1ncc(Cc2ccccc2)o1. The molecule has 1 aromatic heterocycles. The quantitative estimate of drug-likeness (QED) is 0.748. The third-order valence-electron chi connectivity index (χ3n) is 4.03. The fourth-order valence-electron chi connectivity index (χ4n) is 2.74. The van der Waals surface area contributed by atoms with Gasteiger partial charge in [0.2, 0.25) is 0 Å². The van der Waals surface area contributed by atoms with E-state index in [9.17, 15) is 4.79 Å². The first-order valence-corrected chi connectivity index (χ1v) is 9.42. The molecule has 0 spiro atoms. The maximum absolute atomic E-state index is 12.3. The lowest BCUT2D eigenvalue weighted by atomic mass is 10.1. The third kappa shape index (κ3) is 3.91. The summed E-state index contributed by atoms with van der Waals surface area (Å²) >= 11 is 1.73. The second-order valence-corrected chi connectivity index (χ2v) is 7.06. The molecule has 1 atom stereocenters. The molecule has 2 heterocycles. The smallest absolute Gasteiger partial charge is 0.307 e. The van der Waals surface area contributed by atoms with Crippen molar-refractivity contribution in [2.45, 2.75) is 17.4 Å². The summed E-state index contributed by atoms with van der Waals surface area (Å²) in [6, 6.07) is 17.9. The molecule has 3 aromatic rings. The largest absolute Gasteiger partial charge is 0.487 e. The molecule has 6 heteroatoms. The number of nitrogens with zero attached hydrogens (tertiary/aromatic N) is 1. The third-order valence-corrected chi connectivity index (χ3v) is 5.21. The van der Waals surface area contributed by atoms with Crippen molar-refractivity contribution < 1.29 is 13.9 Å². The van der Waals surface area contributed by atoms with E-state index in [4.69, 9.17) is 9.15 Å². The molecule has 1 amide bonds. The molecule has 0 saturated heterocycles. The van der Waals surface area contributed by atoms with Crippen molar-refractivity contribution in [1.82, 2.24) is 10.3 Å². The Kier molecular flexibility index (Phi) is 4.93.